The van der Waals surface area contributed by atoms with Gasteiger partial charge in [-0.2, -0.15) is 0 Å². The van der Waals surface area contributed by atoms with Crippen LogP contribution in [-0.4, -0.2) is 42.9 Å². The van der Waals surface area contributed by atoms with Crippen LogP contribution in [0.3, 0.4) is 0 Å². The highest BCUT2D eigenvalue weighted by atomic mass is 19.1. The van der Waals surface area contributed by atoms with E-state index in [1.165, 1.54) is 47.0 Å². The first kappa shape index (κ1) is 33.3. The molecule has 0 aliphatic carbocycles. The van der Waals surface area contributed by atoms with Gasteiger partial charge in [-0.25, -0.2) is 27.9 Å². The second kappa shape index (κ2) is 14.0. The molecule has 0 amide bonds. The van der Waals surface area contributed by atoms with Crippen molar-refractivity contribution in [2.45, 2.75) is 32.1 Å². The van der Waals surface area contributed by atoms with Gasteiger partial charge >= 0.3 is 5.97 Å². The molecule has 6 aromatic rings. The van der Waals surface area contributed by atoms with Crippen molar-refractivity contribution in [3.8, 4) is 29.0 Å². The molecule has 256 valence electrons. The third-order valence-electron chi connectivity index (χ3n) is 8.62. The Morgan fingerprint density at radius 1 is 0.941 bits per heavy atom. The van der Waals surface area contributed by atoms with Gasteiger partial charge in [0, 0.05) is 60.7 Å². The van der Waals surface area contributed by atoms with E-state index in [4.69, 9.17) is 9.47 Å². The summed E-state index contributed by atoms with van der Waals surface area (Å²) in [5.41, 5.74) is 2.24. The fraction of sp³-hybridized carbons (Fsp3) is 0.179. The Kier molecular flexibility index (Phi) is 9.13. The number of nitrogens with zero attached hydrogens (tertiary/aromatic N) is 4. The van der Waals surface area contributed by atoms with Crippen LogP contribution >= 0.6 is 0 Å². The van der Waals surface area contributed by atoms with E-state index in [0.717, 1.165) is 18.6 Å². The number of halogens is 3. The average molecular weight is 691 g/mol. The van der Waals surface area contributed by atoms with Crippen LogP contribution in [-0.2, 0) is 31.4 Å². The Labute approximate surface area is 289 Å². The number of fused-ring (bicyclic) bond motifs is 1. The molecule has 7 rings (SSSR count). The molecule has 12 heteroatoms. The van der Waals surface area contributed by atoms with Crippen molar-refractivity contribution in [3.63, 3.8) is 0 Å². The maximum atomic E-state index is 15.6. The molecule has 51 heavy (non-hydrogen) atoms. The van der Waals surface area contributed by atoms with E-state index in [9.17, 15) is 19.1 Å². The van der Waals surface area contributed by atoms with Gasteiger partial charge in [-0.15, -0.1) is 0 Å². The van der Waals surface area contributed by atoms with Gasteiger partial charge < -0.3 is 23.7 Å². The number of imidazole rings is 1. The van der Waals surface area contributed by atoms with Crippen molar-refractivity contribution < 1.29 is 32.5 Å². The maximum absolute atomic E-state index is 15.6. The summed E-state index contributed by atoms with van der Waals surface area (Å²) in [6, 6.07) is 18.8. The first-order valence-corrected chi connectivity index (χ1v) is 16.0. The Bertz CT molecular complexity index is 2440. The van der Waals surface area contributed by atoms with Gasteiger partial charge in [0.25, 0.3) is 5.56 Å². The number of ether oxygens (including phenoxy) is 2. The summed E-state index contributed by atoms with van der Waals surface area (Å²) in [5.74, 6) is 3.19. The Morgan fingerprint density at radius 2 is 1.73 bits per heavy atom. The van der Waals surface area contributed by atoms with Crippen molar-refractivity contribution in [3.05, 3.63) is 147 Å². The van der Waals surface area contributed by atoms with Crippen LogP contribution in [0.4, 0.5) is 13.2 Å². The Balaban J connectivity index is 1.07. The van der Waals surface area contributed by atoms with E-state index in [-0.39, 0.29) is 58.5 Å². The molecule has 0 radical (unpaired) electrons. The zero-order valence-corrected chi connectivity index (χ0v) is 27.2. The predicted molar refractivity (Wildman–Crippen MR) is 182 cm³/mol. The molecule has 9 nitrogen and oxygen atoms in total. The van der Waals surface area contributed by atoms with Crippen molar-refractivity contribution in [1.29, 1.82) is 0 Å². The summed E-state index contributed by atoms with van der Waals surface area (Å²) < 4.78 is 60.6. The standard InChI is InChI=1S/C39H29F3N4O5/c1-45-13-11-24(16-38(45)47)6-5-23-7-8-26(30(40)15-23)22-51-37-4-2-3-33(44-37)29-20-31(41)27(17-32(29)42)19-36-43-34-10-9-25(39(48)49)18-35(34)46(36)21-28-12-14-50-28/h2-4,7-11,13,15-18,20,28H,12,14,19,21-22H2,1H3,(H,48,49)/t28-/m0/s1. The number of pyridine rings is 2. The number of carboxylic acids is 1. The zero-order chi connectivity index (χ0) is 35.6. The normalized spacial score (nSPS) is 13.8. The number of aromatic carboxylic acids is 1. The largest absolute Gasteiger partial charge is 0.478 e. The number of rotatable bonds is 9. The smallest absolute Gasteiger partial charge is 0.335 e. The monoisotopic (exact) mass is 690 g/mol. The molecule has 0 saturated carbocycles. The van der Waals surface area contributed by atoms with Gasteiger partial charge in [0.05, 0.1) is 34.9 Å². The van der Waals surface area contributed by atoms with Gasteiger partial charge in [-0.05, 0) is 66.6 Å². The number of benzene rings is 3. The van der Waals surface area contributed by atoms with Gasteiger partial charge in [-0.3, -0.25) is 4.79 Å². The molecular formula is C39H29F3N4O5. The fourth-order valence-electron chi connectivity index (χ4n) is 5.68. The van der Waals surface area contributed by atoms with Crippen molar-refractivity contribution in [2.24, 2.45) is 7.05 Å². The first-order valence-electron chi connectivity index (χ1n) is 16.0. The minimum Gasteiger partial charge on any atom is -0.478 e. The van der Waals surface area contributed by atoms with Crippen LogP contribution in [0.1, 0.15) is 44.9 Å². The van der Waals surface area contributed by atoms with Crippen molar-refractivity contribution >= 4 is 17.0 Å². The van der Waals surface area contributed by atoms with Crippen LogP contribution < -0.4 is 10.3 Å². The number of hydrogen-bond donors (Lipinski definition) is 1. The van der Waals surface area contributed by atoms with Gasteiger partial charge in [-0.1, -0.05) is 24.0 Å². The van der Waals surface area contributed by atoms with Gasteiger partial charge in [0.1, 0.15) is 29.9 Å². The Morgan fingerprint density at radius 3 is 2.45 bits per heavy atom. The average Bonchev–Trinajstić information content (AvgIpc) is 3.43. The summed E-state index contributed by atoms with van der Waals surface area (Å²) in [6.45, 7) is 0.838. The molecule has 1 atom stereocenters. The lowest BCUT2D eigenvalue weighted by molar-refractivity contribution is -0.0589. The molecule has 1 aliphatic rings. The minimum atomic E-state index is -1.08. The summed E-state index contributed by atoms with van der Waals surface area (Å²) in [4.78, 5) is 32.4. The third-order valence-corrected chi connectivity index (χ3v) is 8.62. The lowest BCUT2D eigenvalue weighted by atomic mass is 10.0. The highest BCUT2D eigenvalue weighted by Crippen LogP contribution is 2.29. The number of carboxylic acid groups (broad SMARTS) is 1. The van der Waals surface area contributed by atoms with E-state index in [0.29, 0.717) is 41.1 Å². The van der Waals surface area contributed by atoms with Crippen LogP contribution in [0.25, 0.3) is 22.3 Å². The third kappa shape index (κ3) is 7.25. The summed E-state index contributed by atoms with van der Waals surface area (Å²) in [7, 11) is 1.63. The highest BCUT2D eigenvalue weighted by molar-refractivity contribution is 5.92. The predicted octanol–water partition coefficient (Wildman–Crippen LogP) is 6.27. The summed E-state index contributed by atoms with van der Waals surface area (Å²) >= 11 is 0. The first-order chi connectivity index (χ1) is 24.6. The maximum Gasteiger partial charge on any atom is 0.335 e. The van der Waals surface area contributed by atoms with Crippen molar-refractivity contribution in [1.82, 2.24) is 19.1 Å². The zero-order valence-electron chi connectivity index (χ0n) is 27.2. The molecular weight excluding hydrogens is 661 g/mol. The topological polar surface area (TPSA) is 108 Å². The molecule has 3 aromatic heterocycles. The SMILES string of the molecule is Cn1ccc(C#Cc2ccc(COc3cccc(-c4cc(F)c(Cc5nc6ccc(C(=O)O)cc6n5C[C@@H]5CCO5)cc4F)n3)c(F)c2)cc1=O. The van der Waals surface area contributed by atoms with Gasteiger partial charge in [0.15, 0.2) is 0 Å². The van der Waals surface area contributed by atoms with Crippen LogP contribution in [0.5, 0.6) is 5.88 Å². The molecule has 0 unspecified atom stereocenters. The molecule has 1 fully saturated rings. The van der Waals surface area contributed by atoms with Crippen LogP contribution in [0.2, 0.25) is 0 Å². The van der Waals surface area contributed by atoms with Crippen molar-refractivity contribution in [2.75, 3.05) is 6.61 Å². The molecule has 3 aromatic carbocycles. The van der Waals surface area contributed by atoms with E-state index in [1.807, 2.05) is 0 Å². The van der Waals surface area contributed by atoms with E-state index < -0.39 is 23.4 Å². The van der Waals surface area contributed by atoms with Crippen LogP contribution in [0.15, 0.2) is 89.9 Å². The minimum absolute atomic E-state index is 0.0501. The number of carbonyl (C=O) groups is 1. The second-order valence-electron chi connectivity index (χ2n) is 12.1. The number of hydrogen-bond acceptors (Lipinski definition) is 6. The highest BCUT2D eigenvalue weighted by Gasteiger charge is 2.24. The molecule has 1 aliphatic heterocycles. The second-order valence-corrected chi connectivity index (χ2v) is 12.1. The lowest BCUT2D eigenvalue weighted by Crippen LogP contribution is -2.31. The quantitative estimate of drug-likeness (QED) is 0.178. The van der Waals surface area contributed by atoms with Crippen LogP contribution in [0, 0.1) is 29.3 Å². The Hall–Kier alpha value is -6.19. The molecule has 0 bridgehead atoms. The molecule has 1 saturated heterocycles. The molecule has 0 spiro atoms. The fourth-order valence-corrected chi connectivity index (χ4v) is 5.68. The number of aryl methyl sites for hydroxylation is 1. The van der Waals surface area contributed by atoms with E-state index in [1.54, 1.807) is 42.1 Å². The van der Waals surface area contributed by atoms with Gasteiger partial charge in [0.2, 0.25) is 5.88 Å². The summed E-state index contributed by atoms with van der Waals surface area (Å²) in [5, 5.41) is 9.50. The van der Waals surface area contributed by atoms with E-state index >= 15 is 8.78 Å². The lowest BCUT2D eigenvalue weighted by Gasteiger charge is -2.27. The molecule has 4 heterocycles. The molecule has 1 N–H and O–H groups in total. The van der Waals surface area contributed by atoms with E-state index in [2.05, 4.69) is 21.8 Å². The summed E-state index contributed by atoms with van der Waals surface area (Å²) in [6.07, 6.45) is 2.28. The number of aromatic nitrogens is 4.